The zero-order chi connectivity index (χ0) is 11.4. The molecule has 0 aromatic carbocycles. The van der Waals surface area contributed by atoms with Crippen molar-refractivity contribution in [1.29, 1.82) is 0 Å². The molecule has 2 aliphatic heterocycles. The van der Waals surface area contributed by atoms with Crippen LogP contribution in [0.4, 0.5) is 0 Å². The van der Waals surface area contributed by atoms with E-state index in [1.54, 1.807) is 0 Å². The van der Waals surface area contributed by atoms with Crippen LogP contribution in [0.25, 0.3) is 0 Å². The molecule has 1 unspecified atom stereocenters. The third-order valence-corrected chi connectivity index (χ3v) is 4.18. The molecule has 2 saturated heterocycles. The van der Waals surface area contributed by atoms with Gasteiger partial charge in [-0.1, -0.05) is 0 Å². The van der Waals surface area contributed by atoms with E-state index in [2.05, 4.69) is 28.8 Å². The van der Waals surface area contributed by atoms with E-state index in [4.69, 9.17) is 0 Å². The SMILES string of the molecule is CN1CCCC(CN2CCN(C)CC2)CC1. The fraction of sp³-hybridized carbons (Fsp3) is 1.00. The quantitative estimate of drug-likeness (QED) is 0.693. The lowest BCUT2D eigenvalue weighted by molar-refractivity contribution is 0.132. The number of likely N-dealkylation sites (N-methyl/N-ethyl adjacent to an activating group) is 1. The van der Waals surface area contributed by atoms with Gasteiger partial charge in [-0.2, -0.15) is 0 Å². The lowest BCUT2D eigenvalue weighted by atomic mass is 10.00. The van der Waals surface area contributed by atoms with Crippen LogP contribution in [0.15, 0.2) is 0 Å². The highest BCUT2D eigenvalue weighted by Gasteiger charge is 2.20. The Bertz CT molecular complexity index is 199. The maximum Gasteiger partial charge on any atom is 0.0110 e. The lowest BCUT2D eigenvalue weighted by Gasteiger charge is -2.34. The number of hydrogen-bond acceptors (Lipinski definition) is 3. The molecular formula is C13H27N3. The van der Waals surface area contributed by atoms with Gasteiger partial charge in [0.2, 0.25) is 0 Å². The minimum atomic E-state index is 0.952. The van der Waals surface area contributed by atoms with Gasteiger partial charge in [0.15, 0.2) is 0 Å². The summed E-state index contributed by atoms with van der Waals surface area (Å²) in [5, 5.41) is 0. The molecule has 0 amide bonds. The van der Waals surface area contributed by atoms with Gasteiger partial charge in [-0.25, -0.2) is 0 Å². The van der Waals surface area contributed by atoms with Crippen LogP contribution in [-0.4, -0.2) is 74.6 Å². The van der Waals surface area contributed by atoms with Gasteiger partial charge in [-0.3, -0.25) is 0 Å². The third-order valence-electron chi connectivity index (χ3n) is 4.18. The molecule has 16 heavy (non-hydrogen) atoms. The van der Waals surface area contributed by atoms with Crippen molar-refractivity contribution in [2.45, 2.75) is 19.3 Å². The molecule has 0 spiro atoms. The first-order valence-electron chi connectivity index (χ1n) is 6.83. The van der Waals surface area contributed by atoms with Crippen molar-refractivity contribution in [3.8, 4) is 0 Å². The minimum absolute atomic E-state index is 0.952. The van der Waals surface area contributed by atoms with Crippen LogP contribution in [0.5, 0.6) is 0 Å². The van der Waals surface area contributed by atoms with Gasteiger partial charge in [0.1, 0.15) is 0 Å². The molecule has 0 bridgehead atoms. The van der Waals surface area contributed by atoms with E-state index >= 15 is 0 Å². The monoisotopic (exact) mass is 225 g/mol. The first-order chi connectivity index (χ1) is 7.74. The number of hydrogen-bond donors (Lipinski definition) is 0. The predicted molar refractivity (Wildman–Crippen MR) is 68.8 cm³/mol. The normalized spacial score (nSPS) is 31.5. The van der Waals surface area contributed by atoms with Gasteiger partial charge < -0.3 is 14.7 Å². The topological polar surface area (TPSA) is 9.72 Å². The van der Waals surface area contributed by atoms with Gasteiger partial charge in [0, 0.05) is 32.7 Å². The summed E-state index contributed by atoms with van der Waals surface area (Å²) in [6.45, 7) is 9.03. The molecule has 1 atom stereocenters. The van der Waals surface area contributed by atoms with Crippen molar-refractivity contribution >= 4 is 0 Å². The summed E-state index contributed by atoms with van der Waals surface area (Å²) in [6, 6.07) is 0. The number of nitrogens with zero attached hydrogens (tertiary/aromatic N) is 3. The number of rotatable bonds is 2. The van der Waals surface area contributed by atoms with Gasteiger partial charge in [-0.15, -0.1) is 0 Å². The summed E-state index contributed by atoms with van der Waals surface area (Å²) >= 11 is 0. The zero-order valence-corrected chi connectivity index (χ0v) is 11.0. The highest BCUT2D eigenvalue weighted by Crippen LogP contribution is 2.18. The van der Waals surface area contributed by atoms with E-state index in [-0.39, 0.29) is 0 Å². The van der Waals surface area contributed by atoms with Crippen molar-refractivity contribution < 1.29 is 0 Å². The van der Waals surface area contributed by atoms with E-state index in [0.29, 0.717) is 0 Å². The second-order valence-electron chi connectivity index (χ2n) is 5.70. The van der Waals surface area contributed by atoms with Gasteiger partial charge in [-0.05, 0) is 52.4 Å². The summed E-state index contributed by atoms with van der Waals surface area (Å²) in [4.78, 5) is 7.61. The van der Waals surface area contributed by atoms with Crippen molar-refractivity contribution in [2.75, 3.05) is 59.9 Å². The van der Waals surface area contributed by atoms with Crippen molar-refractivity contribution in [3.05, 3.63) is 0 Å². The summed E-state index contributed by atoms with van der Waals surface area (Å²) in [5.74, 6) is 0.952. The molecule has 3 nitrogen and oxygen atoms in total. The maximum absolute atomic E-state index is 2.68. The highest BCUT2D eigenvalue weighted by molar-refractivity contribution is 4.75. The van der Waals surface area contributed by atoms with Crippen LogP contribution in [0.3, 0.4) is 0 Å². The van der Waals surface area contributed by atoms with Gasteiger partial charge in [0.05, 0.1) is 0 Å². The van der Waals surface area contributed by atoms with E-state index in [9.17, 15) is 0 Å². The van der Waals surface area contributed by atoms with Crippen LogP contribution in [-0.2, 0) is 0 Å². The fourth-order valence-corrected chi connectivity index (χ4v) is 2.89. The molecule has 94 valence electrons. The molecule has 3 heteroatoms. The number of likely N-dealkylation sites (tertiary alicyclic amines) is 1. The van der Waals surface area contributed by atoms with Gasteiger partial charge in [0.25, 0.3) is 0 Å². The Balaban J connectivity index is 1.72. The smallest absolute Gasteiger partial charge is 0.0110 e. The third kappa shape index (κ3) is 3.72. The summed E-state index contributed by atoms with van der Waals surface area (Å²) in [5.41, 5.74) is 0. The van der Waals surface area contributed by atoms with Crippen LogP contribution in [0.1, 0.15) is 19.3 Å². The Labute approximate surface area is 100 Å². The standard InChI is InChI=1S/C13H27N3/c1-14-6-3-4-13(5-7-14)12-16-10-8-15(2)9-11-16/h13H,3-12H2,1-2H3. The summed E-state index contributed by atoms with van der Waals surface area (Å²) < 4.78 is 0. The maximum atomic E-state index is 2.68. The molecule has 0 saturated carbocycles. The molecule has 2 fully saturated rings. The molecule has 0 N–H and O–H groups in total. The Hall–Kier alpha value is -0.120. The largest absolute Gasteiger partial charge is 0.306 e. The minimum Gasteiger partial charge on any atom is -0.306 e. The van der Waals surface area contributed by atoms with E-state index in [0.717, 1.165) is 5.92 Å². The molecule has 0 aliphatic carbocycles. The molecule has 0 aromatic rings. The first-order valence-corrected chi connectivity index (χ1v) is 6.83. The van der Waals surface area contributed by atoms with Crippen LogP contribution < -0.4 is 0 Å². The van der Waals surface area contributed by atoms with E-state index < -0.39 is 0 Å². The molecular weight excluding hydrogens is 198 g/mol. The second kappa shape index (κ2) is 5.99. The molecule has 0 aromatic heterocycles. The van der Waals surface area contributed by atoms with Crippen molar-refractivity contribution in [2.24, 2.45) is 5.92 Å². The Morgan fingerprint density at radius 3 is 2.25 bits per heavy atom. The average Bonchev–Trinajstić information content (AvgIpc) is 2.47. The Morgan fingerprint density at radius 2 is 1.50 bits per heavy atom. The second-order valence-corrected chi connectivity index (χ2v) is 5.70. The molecule has 2 aliphatic rings. The zero-order valence-electron chi connectivity index (χ0n) is 11.0. The first kappa shape index (κ1) is 12.3. The van der Waals surface area contributed by atoms with E-state index in [1.165, 1.54) is 65.1 Å². The predicted octanol–water partition coefficient (Wildman–Crippen LogP) is 0.966. The number of piperazine rings is 1. The van der Waals surface area contributed by atoms with Gasteiger partial charge >= 0.3 is 0 Å². The molecule has 2 rings (SSSR count). The molecule has 0 radical (unpaired) electrons. The van der Waals surface area contributed by atoms with Crippen molar-refractivity contribution in [3.63, 3.8) is 0 Å². The lowest BCUT2D eigenvalue weighted by Crippen LogP contribution is -2.46. The molecule has 2 heterocycles. The van der Waals surface area contributed by atoms with Crippen LogP contribution in [0, 0.1) is 5.92 Å². The fourth-order valence-electron chi connectivity index (χ4n) is 2.89. The Morgan fingerprint density at radius 1 is 0.812 bits per heavy atom. The average molecular weight is 225 g/mol. The summed E-state index contributed by atoms with van der Waals surface area (Å²) in [6.07, 6.45) is 4.24. The van der Waals surface area contributed by atoms with Crippen LogP contribution >= 0.6 is 0 Å². The highest BCUT2D eigenvalue weighted by atomic mass is 15.2. The summed E-state index contributed by atoms with van der Waals surface area (Å²) in [7, 11) is 4.50. The van der Waals surface area contributed by atoms with E-state index in [1.807, 2.05) is 0 Å². The van der Waals surface area contributed by atoms with Crippen molar-refractivity contribution in [1.82, 2.24) is 14.7 Å². The Kier molecular flexibility index (Phi) is 4.62. The van der Waals surface area contributed by atoms with Crippen LogP contribution in [0.2, 0.25) is 0 Å².